The fourth-order valence-corrected chi connectivity index (χ4v) is 0.501. The van der Waals surface area contributed by atoms with Gasteiger partial charge in [0.25, 0.3) is 0 Å². The number of ketones is 1. The largest absolute Gasteiger partial charge is 0.349 e. The van der Waals surface area contributed by atoms with Crippen LogP contribution >= 0.6 is 12.4 Å². The minimum atomic E-state index is -0.148. The highest BCUT2D eigenvalue weighted by Gasteiger charge is 2.16. The van der Waals surface area contributed by atoms with E-state index in [1.807, 2.05) is 0 Å². The molecule has 0 radical (unpaired) electrons. The lowest BCUT2D eigenvalue weighted by molar-refractivity contribution is -0.122. The van der Waals surface area contributed by atoms with Crippen molar-refractivity contribution in [1.82, 2.24) is 5.32 Å². The van der Waals surface area contributed by atoms with Gasteiger partial charge in [-0.15, -0.1) is 12.4 Å². The third kappa shape index (κ3) is 1.50. The van der Waals surface area contributed by atoms with Crippen molar-refractivity contribution in [2.75, 3.05) is 6.54 Å². The van der Waals surface area contributed by atoms with E-state index in [0.29, 0.717) is 0 Å². The van der Waals surface area contributed by atoms with Crippen molar-refractivity contribution in [3.63, 3.8) is 0 Å². The highest BCUT2D eigenvalue weighted by molar-refractivity contribution is 6.05. The number of rotatable bonds is 0. The molecular formula is C4H6ClNO2. The summed E-state index contributed by atoms with van der Waals surface area (Å²) in [6.45, 7) is 0.235. The van der Waals surface area contributed by atoms with E-state index in [2.05, 4.69) is 5.32 Å². The normalized spacial score (nSPS) is 17.5. The first-order chi connectivity index (χ1) is 3.29. The minimum absolute atomic E-state index is 0. The van der Waals surface area contributed by atoms with Gasteiger partial charge < -0.3 is 5.32 Å². The van der Waals surface area contributed by atoms with E-state index in [9.17, 15) is 9.59 Å². The fraction of sp³-hybridized carbons (Fsp3) is 0.500. The number of Topliss-reactive ketones (excluding diaryl/α,β-unsaturated/α-hetero) is 1. The maximum Gasteiger partial charge on any atom is 0.227 e. The Morgan fingerprint density at radius 3 is 2.12 bits per heavy atom. The van der Waals surface area contributed by atoms with Crippen molar-refractivity contribution in [3.05, 3.63) is 0 Å². The molecular weight excluding hydrogens is 130 g/mol. The first kappa shape index (κ1) is 7.43. The first-order valence-electron chi connectivity index (χ1n) is 2.07. The van der Waals surface area contributed by atoms with Gasteiger partial charge in [0.2, 0.25) is 5.91 Å². The van der Waals surface area contributed by atoms with Crippen LogP contribution in [-0.4, -0.2) is 18.2 Å². The van der Waals surface area contributed by atoms with Crippen molar-refractivity contribution in [3.8, 4) is 0 Å². The third-order valence-electron chi connectivity index (χ3n) is 0.840. The molecule has 1 N–H and O–H groups in total. The van der Waals surface area contributed by atoms with Crippen molar-refractivity contribution in [2.45, 2.75) is 6.42 Å². The summed E-state index contributed by atoms with van der Waals surface area (Å²) in [5.41, 5.74) is 0. The molecule has 0 unspecified atom stereocenters. The Labute approximate surface area is 52.9 Å². The molecule has 0 aromatic heterocycles. The van der Waals surface area contributed by atoms with Crippen LogP contribution < -0.4 is 5.32 Å². The molecule has 0 aliphatic carbocycles. The quantitative estimate of drug-likeness (QED) is 0.455. The molecule has 1 saturated heterocycles. The molecule has 0 aromatic carbocycles. The van der Waals surface area contributed by atoms with Gasteiger partial charge in [-0.25, -0.2) is 0 Å². The van der Waals surface area contributed by atoms with Gasteiger partial charge in [0.15, 0.2) is 5.78 Å². The van der Waals surface area contributed by atoms with E-state index in [-0.39, 0.29) is 37.1 Å². The number of nitrogens with one attached hydrogen (secondary N) is 1. The molecule has 1 aliphatic rings. The Kier molecular flexibility index (Phi) is 2.48. The predicted octanol–water partition coefficient (Wildman–Crippen LogP) is -0.503. The van der Waals surface area contributed by atoms with Crippen molar-refractivity contribution in [1.29, 1.82) is 0 Å². The number of hydrogen-bond donors (Lipinski definition) is 1. The molecule has 0 aromatic rings. The molecule has 1 fully saturated rings. The zero-order valence-electron chi connectivity index (χ0n) is 4.14. The first-order valence-corrected chi connectivity index (χ1v) is 2.07. The SMILES string of the molecule is Cl.O=C1CNC(=O)C1. The second-order valence-corrected chi connectivity index (χ2v) is 1.49. The number of halogens is 1. The summed E-state index contributed by atoms with van der Waals surface area (Å²) in [5.74, 6) is -0.157. The van der Waals surface area contributed by atoms with Crippen LogP contribution in [0.1, 0.15) is 6.42 Å². The molecule has 1 heterocycles. The van der Waals surface area contributed by atoms with Gasteiger partial charge in [-0.3, -0.25) is 9.59 Å². The van der Waals surface area contributed by atoms with Gasteiger partial charge in [0.05, 0.1) is 13.0 Å². The second-order valence-electron chi connectivity index (χ2n) is 1.49. The van der Waals surface area contributed by atoms with E-state index >= 15 is 0 Å². The van der Waals surface area contributed by atoms with Gasteiger partial charge in [-0.2, -0.15) is 0 Å². The summed E-state index contributed by atoms with van der Waals surface area (Å²) in [4.78, 5) is 20.3. The van der Waals surface area contributed by atoms with Crippen molar-refractivity contribution in [2.24, 2.45) is 0 Å². The maximum absolute atomic E-state index is 10.2. The summed E-state index contributed by atoms with van der Waals surface area (Å²) in [5, 5.41) is 2.38. The topological polar surface area (TPSA) is 46.2 Å². The standard InChI is InChI=1S/C4H5NO2.ClH/c6-3-1-4(7)5-2-3;/h1-2H2,(H,5,7);1H. The average Bonchev–Trinajstić information content (AvgIpc) is 1.87. The number of carbonyl (C=O) groups is 2. The van der Waals surface area contributed by atoms with E-state index in [1.54, 1.807) is 0 Å². The van der Waals surface area contributed by atoms with Gasteiger partial charge in [0, 0.05) is 0 Å². The molecule has 4 heteroatoms. The molecule has 0 bridgehead atoms. The van der Waals surface area contributed by atoms with E-state index < -0.39 is 0 Å². The minimum Gasteiger partial charge on any atom is -0.349 e. The van der Waals surface area contributed by atoms with Crippen molar-refractivity contribution >= 4 is 24.1 Å². The maximum atomic E-state index is 10.2. The van der Waals surface area contributed by atoms with Crippen LogP contribution in [0.4, 0.5) is 0 Å². The van der Waals surface area contributed by atoms with Crippen LogP contribution in [0.2, 0.25) is 0 Å². The Bertz CT molecular complexity index is 109. The summed E-state index contributed by atoms with van der Waals surface area (Å²) in [7, 11) is 0. The highest BCUT2D eigenvalue weighted by atomic mass is 35.5. The summed E-state index contributed by atoms with van der Waals surface area (Å²) >= 11 is 0. The second kappa shape index (κ2) is 2.67. The summed E-state index contributed by atoms with van der Waals surface area (Å²) in [6.07, 6.45) is 0.0833. The van der Waals surface area contributed by atoms with Crippen LogP contribution in [0.25, 0.3) is 0 Å². The summed E-state index contributed by atoms with van der Waals surface area (Å²) < 4.78 is 0. The van der Waals surface area contributed by atoms with Crippen LogP contribution in [-0.2, 0) is 9.59 Å². The average molecular weight is 136 g/mol. The molecule has 1 aliphatic heterocycles. The summed E-state index contributed by atoms with van der Waals surface area (Å²) in [6, 6.07) is 0. The van der Waals surface area contributed by atoms with E-state index in [4.69, 9.17) is 0 Å². The Morgan fingerprint density at radius 2 is 2.00 bits per heavy atom. The van der Waals surface area contributed by atoms with E-state index in [1.165, 1.54) is 0 Å². The Balaban J connectivity index is 0.000000490. The number of hydrogen-bond acceptors (Lipinski definition) is 2. The Morgan fingerprint density at radius 1 is 1.38 bits per heavy atom. The predicted molar refractivity (Wildman–Crippen MR) is 29.9 cm³/mol. The van der Waals surface area contributed by atoms with Gasteiger partial charge in [0.1, 0.15) is 0 Å². The zero-order valence-corrected chi connectivity index (χ0v) is 4.96. The third-order valence-corrected chi connectivity index (χ3v) is 0.840. The smallest absolute Gasteiger partial charge is 0.227 e. The van der Waals surface area contributed by atoms with Crippen LogP contribution in [0.15, 0.2) is 0 Å². The van der Waals surface area contributed by atoms with Crippen molar-refractivity contribution < 1.29 is 9.59 Å². The van der Waals surface area contributed by atoms with Crippen LogP contribution in [0, 0.1) is 0 Å². The molecule has 46 valence electrons. The number of carbonyl (C=O) groups excluding carboxylic acids is 2. The molecule has 0 spiro atoms. The van der Waals surface area contributed by atoms with Crippen LogP contribution in [0.3, 0.4) is 0 Å². The fourth-order valence-electron chi connectivity index (χ4n) is 0.501. The zero-order chi connectivity index (χ0) is 5.28. The lowest BCUT2D eigenvalue weighted by Gasteiger charge is -1.78. The monoisotopic (exact) mass is 135 g/mol. The molecule has 0 atom stereocenters. The lowest BCUT2D eigenvalue weighted by Crippen LogP contribution is -2.13. The van der Waals surface area contributed by atoms with E-state index in [0.717, 1.165) is 0 Å². The molecule has 1 rings (SSSR count). The molecule has 0 saturated carbocycles. The van der Waals surface area contributed by atoms with Crippen LogP contribution in [0.5, 0.6) is 0 Å². The lowest BCUT2D eigenvalue weighted by atomic mass is 10.3. The molecule has 8 heavy (non-hydrogen) atoms. The Hall–Kier alpha value is -0.570. The highest BCUT2D eigenvalue weighted by Crippen LogP contribution is 1.88. The van der Waals surface area contributed by atoms with Gasteiger partial charge >= 0.3 is 0 Å². The molecule has 1 amide bonds. The van der Waals surface area contributed by atoms with Gasteiger partial charge in [-0.1, -0.05) is 0 Å². The van der Waals surface area contributed by atoms with Gasteiger partial charge in [-0.05, 0) is 0 Å². The number of amides is 1. The molecule has 3 nitrogen and oxygen atoms in total.